The zero-order valence-corrected chi connectivity index (χ0v) is 27.4. The third-order valence-electron chi connectivity index (χ3n) is 8.69. The second kappa shape index (κ2) is 15.3. The zero-order chi connectivity index (χ0) is 34.5. The number of ether oxygens (including phenoxy) is 5. The molecule has 4 aliphatic rings. The molecule has 0 radical (unpaired) electrons. The van der Waals surface area contributed by atoms with Crippen LogP contribution in [0.4, 0.5) is 0 Å². The van der Waals surface area contributed by atoms with Gasteiger partial charge in [-0.1, -0.05) is 24.3 Å². The highest BCUT2D eigenvalue weighted by molar-refractivity contribution is 5.94. The minimum Gasteiger partial charge on any atom is -0.499 e. The van der Waals surface area contributed by atoms with Crippen LogP contribution in [0, 0.1) is 5.41 Å². The van der Waals surface area contributed by atoms with Gasteiger partial charge < -0.3 is 44.5 Å². The fourth-order valence-electron chi connectivity index (χ4n) is 6.70. The number of aliphatic hydroxyl groups excluding tert-OH is 2. The second-order valence-electron chi connectivity index (χ2n) is 13.3. The van der Waals surface area contributed by atoms with E-state index in [0.29, 0.717) is 0 Å². The zero-order valence-electron chi connectivity index (χ0n) is 27.4. The van der Waals surface area contributed by atoms with E-state index in [2.05, 4.69) is 10.6 Å². The van der Waals surface area contributed by atoms with Crippen molar-refractivity contribution in [3.8, 4) is 0 Å². The summed E-state index contributed by atoms with van der Waals surface area (Å²) in [6.45, 7) is 5.05. The number of hydrogen-bond donors (Lipinski definition) is 4. The van der Waals surface area contributed by atoms with Crippen molar-refractivity contribution in [3.05, 3.63) is 41.7 Å². The first-order valence-electron chi connectivity index (χ1n) is 16.2. The molecule has 15 nitrogen and oxygen atoms in total. The number of rotatable bonds is 15. The summed E-state index contributed by atoms with van der Waals surface area (Å²) in [6, 6.07) is 5.72. The molecule has 0 spiro atoms. The lowest BCUT2D eigenvalue weighted by Crippen LogP contribution is -2.69. The van der Waals surface area contributed by atoms with E-state index >= 15 is 0 Å². The molecule has 3 saturated heterocycles. The molecule has 7 atom stereocenters. The predicted octanol–water partition coefficient (Wildman–Crippen LogP) is 0.313. The molecule has 4 fully saturated rings. The summed E-state index contributed by atoms with van der Waals surface area (Å²) in [6.07, 6.45) is 0.670. The normalized spacial score (nSPS) is 28.4. The van der Waals surface area contributed by atoms with Gasteiger partial charge >= 0.3 is 11.9 Å². The quantitative estimate of drug-likeness (QED) is 0.113. The molecule has 4 N–H and O–H groups in total. The van der Waals surface area contributed by atoms with Gasteiger partial charge in [0.25, 0.3) is 0 Å². The lowest BCUT2D eigenvalue weighted by molar-refractivity contribution is -0.201. The largest absolute Gasteiger partial charge is 0.499 e. The van der Waals surface area contributed by atoms with Gasteiger partial charge in [-0.2, -0.15) is 5.06 Å². The molecule has 2 amide bonds. The Morgan fingerprint density at radius 2 is 1.96 bits per heavy atom. The van der Waals surface area contributed by atoms with E-state index in [0.717, 1.165) is 11.1 Å². The summed E-state index contributed by atoms with van der Waals surface area (Å²) >= 11 is 0. The molecule has 1 aliphatic carbocycles. The Labute approximate surface area is 278 Å². The van der Waals surface area contributed by atoms with Gasteiger partial charge in [0.15, 0.2) is 6.04 Å². The molecular weight excluding hydrogens is 630 g/mol. The number of hydroxylamine groups is 2. The topological polar surface area (TPSA) is 191 Å². The number of aliphatic hydroxyl groups is 2. The van der Waals surface area contributed by atoms with Gasteiger partial charge in [-0.05, 0) is 44.4 Å². The van der Waals surface area contributed by atoms with Gasteiger partial charge in [0.05, 0.1) is 32.1 Å². The van der Waals surface area contributed by atoms with Crippen molar-refractivity contribution in [2.24, 2.45) is 5.41 Å². The summed E-state index contributed by atoms with van der Waals surface area (Å²) in [4.78, 5) is 58.8. The van der Waals surface area contributed by atoms with Crippen molar-refractivity contribution < 1.29 is 57.9 Å². The van der Waals surface area contributed by atoms with E-state index in [-0.39, 0.29) is 65.4 Å². The number of fused-ring (bicyclic) bond motifs is 4. The van der Waals surface area contributed by atoms with E-state index in [1.54, 1.807) is 26.8 Å². The molecule has 3 heterocycles. The van der Waals surface area contributed by atoms with Crippen molar-refractivity contribution in [1.29, 1.82) is 0 Å². The van der Waals surface area contributed by atoms with Crippen LogP contribution < -0.4 is 10.6 Å². The van der Waals surface area contributed by atoms with Crippen LogP contribution in [0.3, 0.4) is 0 Å². The minimum atomic E-state index is -1.37. The van der Waals surface area contributed by atoms with E-state index in [1.807, 2.05) is 24.3 Å². The second-order valence-corrected chi connectivity index (χ2v) is 13.3. The van der Waals surface area contributed by atoms with Crippen LogP contribution in [-0.2, 0) is 54.2 Å². The molecule has 15 heteroatoms. The molecule has 5 rings (SSSR count). The number of carbonyl (C=O) groups is 4. The van der Waals surface area contributed by atoms with Crippen LogP contribution in [0.25, 0.3) is 6.08 Å². The Morgan fingerprint density at radius 1 is 1.17 bits per heavy atom. The van der Waals surface area contributed by atoms with E-state index in [9.17, 15) is 24.3 Å². The maximum absolute atomic E-state index is 14.1. The number of amides is 2. The Hall–Kier alpha value is -3.60. The Morgan fingerprint density at radius 3 is 2.71 bits per heavy atom. The van der Waals surface area contributed by atoms with Gasteiger partial charge in [-0.25, -0.2) is 0 Å². The van der Waals surface area contributed by atoms with Crippen molar-refractivity contribution in [1.82, 2.24) is 15.7 Å². The first-order chi connectivity index (χ1) is 22.9. The summed E-state index contributed by atoms with van der Waals surface area (Å²) < 4.78 is 27.9. The van der Waals surface area contributed by atoms with E-state index in [4.69, 9.17) is 33.6 Å². The Balaban J connectivity index is 1.25. The lowest BCUT2D eigenvalue weighted by atomic mass is 9.62. The number of carbonyl (C=O) groups excluding carboxylic acids is 4. The van der Waals surface area contributed by atoms with Crippen molar-refractivity contribution >= 4 is 29.8 Å². The Kier molecular flexibility index (Phi) is 11.4. The lowest BCUT2D eigenvalue weighted by Gasteiger charge is -2.48. The number of nitrogens with zero attached hydrogens (tertiary/aromatic N) is 1. The van der Waals surface area contributed by atoms with Crippen LogP contribution in [-0.4, -0.2) is 114 Å². The monoisotopic (exact) mass is 675 g/mol. The average molecular weight is 676 g/mol. The number of nitrogens with one attached hydrogen (secondary N) is 2. The molecule has 0 unspecified atom stereocenters. The highest BCUT2D eigenvalue weighted by Gasteiger charge is 2.74. The first-order valence-corrected chi connectivity index (χ1v) is 16.2. The highest BCUT2D eigenvalue weighted by Crippen LogP contribution is 2.55. The van der Waals surface area contributed by atoms with Crippen LogP contribution >= 0.6 is 0 Å². The van der Waals surface area contributed by atoms with E-state index < -0.39 is 71.3 Å². The third-order valence-corrected chi connectivity index (χ3v) is 8.69. The van der Waals surface area contributed by atoms with Crippen molar-refractivity contribution in [3.63, 3.8) is 0 Å². The van der Waals surface area contributed by atoms with Crippen molar-refractivity contribution in [2.75, 3.05) is 33.2 Å². The van der Waals surface area contributed by atoms with Crippen molar-refractivity contribution in [2.45, 2.75) is 95.1 Å². The molecular formula is C33H45N3O12. The molecule has 264 valence electrons. The number of hydrogen-bond acceptors (Lipinski definition) is 13. The number of benzene rings is 1. The SMILES string of the molecule is CC(C)(C)OC(=O)CC[C@@H](CO)NC(=O)CCNC(=O)[C@@]12C[C@H]3OC(=O)[C@@H]1N(Cc1cccc(C=COCCO)c1)O[C@@H]2[C@H]1OCO[C@H]13. The molecule has 3 aliphatic heterocycles. The smallest absolute Gasteiger partial charge is 0.327 e. The third kappa shape index (κ3) is 7.98. The summed E-state index contributed by atoms with van der Waals surface area (Å²) in [5.74, 6) is -1.94. The van der Waals surface area contributed by atoms with Gasteiger partial charge in [0, 0.05) is 25.8 Å². The first kappa shape index (κ1) is 35.7. The number of esters is 2. The van der Waals surface area contributed by atoms with Crippen LogP contribution in [0.15, 0.2) is 30.5 Å². The Bertz CT molecular complexity index is 1370. The maximum Gasteiger partial charge on any atom is 0.327 e. The standard InChI is InChI=1S/C33H45N3O12/c1-32(2,3)47-25(40)8-7-22(18-38)35-24(39)9-11-34-31(42)33-16-23-26-27(45-19-44-26)29(33)48-36(28(33)30(41)46-23)17-21-6-4-5-20(15-21)10-13-43-14-12-37/h4-6,10,13,15,22-23,26-29,37-38H,7-9,11-12,14,16-19H2,1-3H3,(H,34,42)(H,35,39)/t22-,23+,26-,27-,28-,29+,33-/m0/s1. The van der Waals surface area contributed by atoms with E-state index in [1.165, 1.54) is 11.3 Å². The molecule has 1 aromatic carbocycles. The average Bonchev–Trinajstić information content (AvgIpc) is 3.65. The van der Waals surface area contributed by atoms with Gasteiger partial charge in [0.1, 0.15) is 48.8 Å². The molecule has 1 saturated carbocycles. The summed E-state index contributed by atoms with van der Waals surface area (Å²) in [5.41, 5.74) is -0.397. The molecule has 1 aromatic rings. The van der Waals surface area contributed by atoms with Gasteiger partial charge in [-0.3, -0.25) is 24.0 Å². The van der Waals surface area contributed by atoms with Gasteiger partial charge in [0.2, 0.25) is 11.8 Å². The fourth-order valence-corrected chi connectivity index (χ4v) is 6.70. The fraction of sp³-hybridized carbons (Fsp3) is 0.636. The van der Waals surface area contributed by atoms with Crippen LogP contribution in [0.2, 0.25) is 0 Å². The predicted molar refractivity (Wildman–Crippen MR) is 166 cm³/mol. The van der Waals surface area contributed by atoms with Crippen LogP contribution in [0.1, 0.15) is 57.6 Å². The highest BCUT2D eigenvalue weighted by atomic mass is 16.8. The molecule has 0 aromatic heterocycles. The maximum atomic E-state index is 14.1. The summed E-state index contributed by atoms with van der Waals surface area (Å²) in [5, 5.41) is 25.6. The molecule has 2 bridgehead atoms. The van der Waals surface area contributed by atoms with Gasteiger partial charge in [-0.15, -0.1) is 0 Å². The summed E-state index contributed by atoms with van der Waals surface area (Å²) in [7, 11) is 0. The van der Waals surface area contributed by atoms with Crippen LogP contribution in [0.5, 0.6) is 0 Å². The minimum absolute atomic E-state index is 0.0204. The molecule has 48 heavy (non-hydrogen) atoms.